The molecule has 0 heterocycles. The van der Waals surface area contributed by atoms with Gasteiger partial charge in [0.2, 0.25) is 0 Å². The molecule has 0 aromatic heterocycles. The van der Waals surface area contributed by atoms with Crippen LogP contribution >= 0.6 is 68.4 Å². The van der Waals surface area contributed by atoms with Crippen LogP contribution in [-0.4, -0.2) is 0 Å². The fraction of sp³-hybridized carbons (Fsp3) is 0.250. The molecule has 0 amide bonds. The van der Waals surface area contributed by atoms with Crippen LogP contribution in [0.15, 0.2) is 18.2 Å². The van der Waals surface area contributed by atoms with Crippen LogP contribution in [-0.2, 0) is 5.88 Å². The molecular formula is C8H6Cl2I2. The van der Waals surface area contributed by atoms with Gasteiger partial charge in [0.1, 0.15) is 0 Å². The first-order valence-corrected chi connectivity index (χ1v) is 6.68. The van der Waals surface area contributed by atoms with Gasteiger partial charge in [-0.2, -0.15) is 0 Å². The quantitative estimate of drug-likeness (QED) is 0.464. The van der Waals surface area contributed by atoms with Gasteiger partial charge in [0, 0.05) is 10.9 Å². The van der Waals surface area contributed by atoms with E-state index in [4.69, 9.17) is 23.2 Å². The number of alkyl halides is 3. The van der Waals surface area contributed by atoms with Crippen molar-refractivity contribution in [2.45, 2.75) is 7.81 Å². The first kappa shape index (κ1) is 11.3. The van der Waals surface area contributed by atoms with Crippen molar-refractivity contribution in [1.29, 1.82) is 0 Å². The summed E-state index contributed by atoms with van der Waals surface area (Å²) in [6, 6.07) is 5.89. The SMILES string of the molecule is ClCc1c(Cl)cccc1C(I)I. The molecule has 0 fully saturated rings. The van der Waals surface area contributed by atoms with E-state index in [0.717, 1.165) is 10.6 Å². The lowest BCUT2D eigenvalue weighted by Crippen LogP contribution is -1.90. The highest BCUT2D eigenvalue weighted by Crippen LogP contribution is 2.36. The van der Waals surface area contributed by atoms with Crippen molar-refractivity contribution in [3.8, 4) is 0 Å². The normalized spacial score (nSPS) is 10.8. The van der Waals surface area contributed by atoms with Gasteiger partial charge in [-0.1, -0.05) is 68.9 Å². The molecule has 1 aromatic rings. The zero-order chi connectivity index (χ0) is 9.14. The highest BCUT2D eigenvalue weighted by atomic mass is 127. The second-order valence-corrected chi connectivity index (χ2v) is 7.79. The molecule has 0 N–H and O–H groups in total. The third-order valence-corrected chi connectivity index (χ3v) is 3.49. The summed E-state index contributed by atoms with van der Waals surface area (Å²) >= 11 is 16.5. The van der Waals surface area contributed by atoms with Crippen LogP contribution in [0, 0.1) is 0 Å². The topological polar surface area (TPSA) is 0 Å². The van der Waals surface area contributed by atoms with E-state index in [2.05, 4.69) is 51.2 Å². The molecule has 0 nitrogen and oxygen atoms in total. The molecule has 0 aliphatic heterocycles. The molecule has 66 valence electrons. The van der Waals surface area contributed by atoms with Crippen LogP contribution in [0.5, 0.6) is 0 Å². The van der Waals surface area contributed by atoms with E-state index in [1.165, 1.54) is 5.56 Å². The maximum atomic E-state index is 5.98. The highest BCUT2D eigenvalue weighted by molar-refractivity contribution is 14.2. The van der Waals surface area contributed by atoms with Gasteiger partial charge in [-0.3, -0.25) is 0 Å². The van der Waals surface area contributed by atoms with Gasteiger partial charge in [0.05, 0.1) is 1.93 Å². The molecule has 0 unspecified atom stereocenters. The fourth-order valence-corrected chi connectivity index (χ4v) is 2.70. The summed E-state index contributed by atoms with van der Waals surface area (Å²) in [6.07, 6.45) is 0. The van der Waals surface area contributed by atoms with Crippen LogP contribution in [0.25, 0.3) is 0 Å². The predicted octanol–water partition coefficient (Wildman–Crippen LogP) is 4.95. The van der Waals surface area contributed by atoms with E-state index in [1.807, 2.05) is 12.1 Å². The van der Waals surface area contributed by atoms with E-state index in [9.17, 15) is 0 Å². The van der Waals surface area contributed by atoms with Crippen LogP contribution in [0.1, 0.15) is 13.1 Å². The number of hydrogen-bond donors (Lipinski definition) is 0. The van der Waals surface area contributed by atoms with Crippen molar-refractivity contribution in [2.24, 2.45) is 0 Å². The molecule has 0 atom stereocenters. The van der Waals surface area contributed by atoms with Gasteiger partial charge < -0.3 is 0 Å². The summed E-state index contributed by atoms with van der Waals surface area (Å²) in [5.41, 5.74) is 2.27. The molecule has 1 aromatic carbocycles. The van der Waals surface area contributed by atoms with Crippen LogP contribution in [0.4, 0.5) is 0 Å². The highest BCUT2D eigenvalue weighted by Gasteiger charge is 2.10. The molecule has 12 heavy (non-hydrogen) atoms. The molecule has 0 aliphatic carbocycles. The van der Waals surface area contributed by atoms with E-state index < -0.39 is 0 Å². The Labute approximate surface area is 109 Å². The largest absolute Gasteiger partial charge is 0.121 e. The summed E-state index contributed by atoms with van der Waals surface area (Å²) in [5.74, 6) is 0.484. The van der Waals surface area contributed by atoms with Gasteiger partial charge in [-0.25, -0.2) is 0 Å². The van der Waals surface area contributed by atoms with Gasteiger partial charge in [-0.15, -0.1) is 11.6 Å². The summed E-state index contributed by atoms with van der Waals surface area (Å²) in [6.45, 7) is 0. The average molecular weight is 427 g/mol. The summed E-state index contributed by atoms with van der Waals surface area (Å²) in [4.78, 5) is 0. The standard InChI is InChI=1S/C8H6Cl2I2/c9-4-6-5(8(11)12)2-1-3-7(6)10/h1-3,8H,4H2. The Morgan fingerprint density at radius 2 is 2.00 bits per heavy atom. The average Bonchev–Trinajstić information content (AvgIpc) is 2.03. The van der Waals surface area contributed by atoms with Crippen molar-refractivity contribution in [1.82, 2.24) is 0 Å². The molecular weight excluding hydrogens is 421 g/mol. The Morgan fingerprint density at radius 3 is 2.42 bits per heavy atom. The summed E-state index contributed by atoms with van der Waals surface area (Å²) in [7, 11) is 0. The number of rotatable bonds is 2. The first-order chi connectivity index (χ1) is 5.66. The Morgan fingerprint density at radius 1 is 1.33 bits per heavy atom. The third kappa shape index (κ3) is 2.62. The molecule has 0 saturated heterocycles. The smallest absolute Gasteiger partial charge is 0.0878 e. The Hall–Kier alpha value is 1.26. The maximum absolute atomic E-state index is 5.98. The molecule has 0 radical (unpaired) electrons. The van der Waals surface area contributed by atoms with E-state index in [1.54, 1.807) is 0 Å². The minimum Gasteiger partial charge on any atom is -0.121 e. The van der Waals surface area contributed by atoms with Crippen molar-refractivity contribution in [3.05, 3.63) is 34.3 Å². The molecule has 0 saturated carbocycles. The number of hydrogen-bond acceptors (Lipinski definition) is 0. The molecule has 1 rings (SSSR count). The summed E-state index contributed by atoms with van der Waals surface area (Å²) in [5, 5.41) is 0.765. The lowest BCUT2D eigenvalue weighted by Gasteiger charge is -2.09. The van der Waals surface area contributed by atoms with Crippen molar-refractivity contribution in [3.63, 3.8) is 0 Å². The Bertz CT molecular complexity index is 274. The molecule has 0 aliphatic rings. The van der Waals surface area contributed by atoms with Gasteiger partial charge >= 0.3 is 0 Å². The zero-order valence-electron chi connectivity index (χ0n) is 6.03. The maximum Gasteiger partial charge on any atom is 0.0878 e. The van der Waals surface area contributed by atoms with Crippen LogP contribution < -0.4 is 0 Å². The lowest BCUT2D eigenvalue weighted by atomic mass is 10.1. The van der Waals surface area contributed by atoms with E-state index in [0.29, 0.717) is 7.81 Å². The van der Waals surface area contributed by atoms with Gasteiger partial charge in [-0.05, 0) is 17.2 Å². The van der Waals surface area contributed by atoms with Gasteiger partial charge in [0.25, 0.3) is 0 Å². The Kier molecular flexibility index (Phi) is 4.93. The van der Waals surface area contributed by atoms with E-state index >= 15 is 0 Å². The van der Waals surface area contributed by atoms with E-state index in [-0.39, 0.29) is 0 Å². The van der Waals surface area contributed by atoms with Crippen molar-refractivity contribution in [2.75, 3.05) is 0 Å². The lowest BCUT2D eigenvalue weighted by molar-refractivity contribution is 1.30. The predicted molar refractivity (Wildman–Crippen MR) is 71.8 cm³/mol. The first-order valence-electron chi connectivity index (χ1n) is 3.28. The number of benzene rings is 1. The molecule has 0 spiro atoms. The molecule has 0 bridgehead atoms. The third-order valence-electron chi connectivity index (χ3n) is 1.52. The van der Waals surface area contributed by atoms with Crippen molar-refractivity contribution >= 4 is 68.4 Å². The van der Waals surface area contributed by atoms with Crippen LogP contribution in [0.2, 0.25) is 5.02 Å². The minimum atomic E-state index is 0.424. The molecule has 4 heteroatoms. The Balaban J connectivity index is 3.18. The van der Waals surface area contributed by atoms with Crippen molar-refractivity contribution < 1.29 is 0 Å². The van der Waals surface area contributed by atoms with Crippen LogP contribution in [0.3, 0.4) is 0 Å². The zero-order valence-corrected chi connectivity index (χ0v) is 11.9. The second-order valence-electron chi connectivity index (χ2n) is 2.24. The van der Waals surface area contributed by atoms with Gasteiger partial charge in [0.15, 0.2) is 0 Å². The monoisotopic (exact) mass is 426 g/mol. The summed E-state index contributed by atoms with van der Waals surface area (Å²) < 4.78 is 0.424. The minimum absolute atomic E-state index is 0.424. The second kappa shape index (κ2) is 5.22. The fourth-order valence-electron chi connectivity index (χ4n) is 0.921. The number of halogens is 4.